The molecule has 3 saturated heterocycles. The summed E-state index contributed by atoms with van der Waals surface area (Å²) in [6.45, 7) is 10.3. The Hall–Kier alpha value is -0.420. The van der Waals surface area contributed by atoms with Gasteiger partial charge in [-0.05, 0) is 58.7 Å². The fourth-order valence-corrected chi connectivity index (χ4v) is 3.94. The van der Waals surface area contributed by atoms with Crippen LogP contribution in [0.1, 0.15) is 45.4 Å². The molecule has 3 heterocycles. The van der Waals surface area contributed by atoms with Crippen LogP contribution in [-0.2, 0) is 0 Å². The van der Waals surface area contributed by atoms with Crippen molar-refractivity contribution in [2.45, 2.75) is 57.0 Å². The van der Waals surface area contributed by atoms with Gasteiger partial charge < -0.3 is 15.5 Å². The Bertz CT molecular complexity index is 316. The van der Waals surface area contributed by atoms with E-state index in [0.717, 1.165) is 19.4 Å². The van der Waals surface area contributed by atoms with E-state index in [9.17, 15) is 5.11 Å². The molecule has 0 bridgehead atoms. The smallest absolute Gasteiger partial charge is 0.0587 e. The minimum absolute atomic E-state index is 0. The van der Waals surface area contributed by atoms with Gasteiger partial charge in [-0.3, -0.25) is 4.90 Å². The molecule has 0 saturated carbocycles. The second-order valence-electron chi connectivity index (χ2n) is 6.52. The summed E-state index contributed by atoms with van der Waals surface area (Å²) in [5.41, 5.74) is 1.71. The third-order valence-corrected chi connectivity index (χ3v) is 5.16. The Balaban J connectivity index is 0.000000243. The topological polar surface area (TPSA) is 58.2 Å². The molecule has 0 aliphatic carbocycles. The summed E-state index contributed by atoms with van der Waals surface area (Å²) >= 11 is 0. The van der Waals surface area contributed by atoms with Gasteiger partial charge in [0.1, 0.15) is 0 Å². The van der Waals surface area contributed by atoms with Crippen LogP contribution in [0.15, 0.2) is 12.2 Å². The van der Waals surface area contributed by atoms with Crippen molar-refractivity contribution in [2.75, 3.05) is 33.3 Å². The minimum Gasteiger partial charge on any atom is -0.412 e. The van der Waals surface area contributed by atoms with E-state index in [0.29, 0.717) is 18.2 Å². The molecule has 3 rings (SSSR count). The minimum atomic E-state index is 0. The number of aliphatic hydroxyl groups is 1. The number of hydrogen-bond donors (Lipinski definition) is 1. The van der Waals surface area contributed by atoms with Gasteiger partial charge in [0, 0.05) is 18.1 Å². The van der Waals surface area contributed by atoms with E-state index in [4.69, 9.17) is 0 Å². The maximum atomic E-state index is 9.24. The zero-order valence-corrected chi connectivity index (χ0v) is 13.2. The van der Waals surface area contributed by atoms with Crippen LogP contribution in [0.5, 0.6) is 0 Å². The molecule has 3 aliphatic rings. The first-order valence-electron chi connectivity index (χ1n) is 7.84. The Morgan fingerprint density at radius 1 is 1.35 bits per heavy atom. The van der Waals surface area contributed by atoms with Gasteiger partial charge in [0.05, 0.1) is 6.61 Å². The first-order valence-corrected chi connectivity index (χ1v) is 7.84. The molecule has 0 aromatic rings. The normalized spacial score (nSPS) is 33.5. The van der Waals surface area contributed by atoms with Crippen LogP contribution in [0.3, 0.4) is 0 Å². The Kier molecular flexibility index (Phi) is 6.65. The molecule has 0 aromatic carbocycles. The fraction of sp³-hybridized carbons (Fsp3) is 0.875. The van der Waals surface area contributed by atoms with E-state index in [1.54, 1.807) is 0 Å². The molecular weight excluding hydrogens is 252 g/mol. The summed E-state index contributed by atoms with van der Waals surface area (Å²) in [7, 11) is 2.17. The summed E-state index contributed by atoms with van der Waals surface area (Å²) in [4.78, 5) is 4.84. The van der Waals surface area contributed by atoms with E-state index < -0.39 is 0 Å². The van der Waals surface area contributed by atoms with Crippen LogP contribution in [0.25, 0.3) is 0 Å². The third-order valence-electron chi connectivity index (χ3n) is 5.16. The van der Waals surface area contributed by atoms with E-state index >= 15 is 0 Å². The van der Waals surface area contributed by atoms with Crippen molar-refractivity contribution < 1.29 is 10.6 Å². The van der Waals surface area contributed by atoms with Gasteiger partial charge in [-0.25, -0.2) is 0 Å². The summed E-state index contributed by atoms with van der Waals surface area (Å²) in [5.74, 6) is 0. The maximum absolute atomic E-state index is 9.24. The first kappa shape index (κ1) is 17.6. The standard InChI is InChI=1S/C11H19NO.C5H11N.H2O/c1-3-11-5-4-10(8-13)12(11)7-9(2)6-11;1-6-4-2-3-5-6;/h10,13H,2-8H2,1H3;2-5H2,1H3;1H2/t10-,11-;;/m0../s1. The largest absolute Gasteiger partial charge is 0.412 e. The molecule has 0 unspecified atom stereocenters. The quantitative estimate of drug-likeness (QED) is 0.781. The van der Waals surface area contributed by atoms with E-state index in [-0.39, 0.29) is 5.48 Å². The maximum Gasteiger partial charge on any atom is 0.0587 e. The van der Waals surface area contributed by atoms with Crippen molar-refractivity contribution in [1.29, 1.82) is 0 Å². The molecule has 0 spiro atoms. The molecule has 20 heavy (non-hydrogen) atoms. The van der Waals surface area contributed by atoms with Gasteiger partial charge in [-0.1, -0.05) is 19.1 Å². The van der Waals surface area contributed by atoms with Crippen molar-refractivity contribution in [3.05, 3.63) is 12.2 Å². The summed E-state index contributed by atoms with van der Waals surface area (Å²) < 4.78 is 0. The zero-order chi connectivity index (χ0) is 13.9. The van der Waals surface area contributed by atoms with Gasteiger partial charge in [0.2, 0.25) is 0 Å². The highest BCUT2D eigenvalue weighted by molar-refractivity contribution is 5.18. The summed E-state index contributed by atoms with van der Waals surface area (Å²) in [5, 5.41) is 9.24. The highest BCUT2D eigenvalue weighted by Gasteiger charge is 2.48. The molecular formula is C16H32N2O2. The van der Waals surface area contributed by atoms with Gasteiger partial charge in [-0.15, -0.1) is 0 Å². The van der Waals surface area contributed by atoms with Crippen LogP contribution < -0.4 is 0 Å². The van der Waals surface area contributed by atoms with E-state index in [1.807, 2.05) is 0 Å². The van der Waals surface area contributed by atoms with Crippen LogP contribution in [-0.4, -0.2) is 65.3 Å². The molecule has 3 N–H and O–H groups in total. The van der Waals surface area contributed by atoms with Crippen molar-refractivity contribution in [3.63, 3.8) is 0 Å². The lowest BCUT2D eigenvalue weighted by Crippen LogP contribution is -2.42. The Labute approximate surface area is 123 Å². The Morgan fingerprint density at radius 3 is 2.45 bits per heavy atom. The average molecular weight is 284 g/mol. The lowest BCUT2D eigenvalue weighted by Gasteiger charge is -2.33. The number of fused-ring (bicyclic) bond motifs is 1. The van der Waals surface area contributed by atoms with Crippen LogP contribution in [0.2, 0.25) is 0 Å². The van der Waals surface area contributed by atoms with Crippen molar-refractivity contribution in [2.24, 2.45) is 0 Å². The summed E-state index contributed by atoms with van der Waals surface area (Å²) in [6, 6.07) is 0.402. The lowest BCUT2D eigenvalue weighted by molar-refractivity contribution is 0.104. The number of likely N-dealkylation sites (tertiary alicyclic amines) is 1. The van der Waals surface area contributed by atoms with Crippen LogP contribution in [0.4, 0.5) is 0 Å². The van der Waals surface area contributed by atoms with E-state index in [1.165, 1.54) is 44.3 Å². The van der Waals surface area contributed by atoms with Gasteiger partial charge in [0.15, 0.2) is 0 Å². The number of hydrogen-bond acceptors (Lipinski definition) is 3. The molecule has 2 atom stereocenters. The molecule has 4 nitrogen and oxygen atoms in total. The molecule has 0 amide bonds. The van der Waals surface area contributed by atoms with E-state index in [2.05, 4.69) is 30.4 Å². The molecule has 0 aromatic heterocycles. The average Bonchev–Trinajstić information content (AvgIpc) is 3.05. The fourth-order valence-electron chi connectivity index (χ4n) is 3.94. The molecule has 3 aliphatic heterocycles. The Morgan fingerprint density at radius 2 is 2.00 bits per heavy atom. The van der Waals surface area contributed by atoms with Gasteiger partial charge >= 0.3 is 0 Å². The number of nitrogens with zero attached hydrogens (tertiary/aromatic N) is 2. The SMILES string of the molecule is C=C1CN2[C@H](CO)CC[C@@]2(CC)C1.CN1CCCC1.O. The molecule has 4 heteroatoms. The van der Waals surface area contributed by atoms with Crippen molar-refractivity contribution in [1.82, 2.24) is 9.80 Å². The highest BCUT2D eigenvalue weighted by atomic mass is 16.3. The second kappa shape index (κ2) is 7.55. The molecule has 3 fully saturated rings. The highest BCUT2D eigenvalue weighted by Crippen LogP contribution is 2.45. The predicted molar refractivity (Wildman–Crippen MR) is 83.9 cm³/mol. The first-order chi connectivity index (χ1) is 9.11. The second-order valence-corrected chi connectivity index (χ2v) is 6.52. The monoisotopic (exact) mass is 284 g/mol. The third kappa shape index (κ3) is 3.61. The molecule has 118 valence electrons. The van der Waals surface area contributed by atoms with Crippen molar-refractivity contribution >= 4 is 0 Å². The lowest BCUT2D eigenvalue weighted by atomic mass is 9.90. The van der Waals surface area contributed by atoms with Crippen LogP contribution in [0, 0.1) is 0 Å². The predicted octanol–water partition coefficient (Wildman–Crippen LogP) is 1.44. The van der Waals surface area contributed by atoms with Crippen molar-refractivity contribution in [3.8, 4) is 0 Å². The molecule has 0 radical (unpaired) electrons. The van der Waals surface area contributed by atoms with Gasteiger partial charge in [0.25, 0.3) is 0 Å². The zero-order valence-electron chi connectivity index (χ0n) is 13.2. The van der Waals surface area contributed by atoms with Crippen LogP contribution >= 0.6 is 0 Å². The summed E-state index contributed by atoms with van der Waals surface area (Å²) in [6.07, 6.45) is 7.58. The van der Waals surface area contributed by atoms with Gasteiger partial charge in [-0.2, -0.15) is 0 Å². The number of aliphatic hydroxyl groups excluding tert-OH is 1. The number of rotatable bonds is 2.